The number of nitro benzene ring substituents is 1. The third-order valence-electron chi connectivity index (χ3n) is 3.73. The van der Waals surface area contributed by atoms with E-state index in [0.29, 0.717) is 16.3 Å². The minimum atomic E-state index is -0.641. The van der Waals surface area contributed by atoms with Crippen LogP contribution in [0.2, 0.25) is 5.02 Å². The van der Waals surface area contributed by atoms with Gasteiger partial charge in [-0.1, -0.05) is 23.7 Å². The average molecular weight is 412 g/mol. The standard InChI is InChI=1S/C20H14ClN3O5/c21-14-6-8-15(9-7-14)22-19(25)17(23-20(26)18-5-2-10-29-18)12-13-3-1-4-16(11-13)24(27)28/h1-12H,(H,22,25)(H,23,26). The fourth-order valence-electron chi connectivity index (χ4n) is 2.38. The summed E-state index contributed by atoms with van der Waals surface area (Å²) in [5.74, 6) is -1.26. The first kappa shape index (κ1) is 19.8. The number of nitro groups is 1. The van der Waals surface area contributed by atoms with E-state index < -0.39 is 16.7 Å². The van der Waals surface area contributed by atoms with Crippen LogP contribution in [0.5, 0.6) is 0 Å². The molecule has 2 aromatic carbocycles. The van der Waals surface area contributed by atoms with Crippen molar-refractivity contribution in [1.29, 1.82) is 0 Å². The highest BCUT2D eigenvalue weighted by Crippen LogP contribution is 2.17. The molecule has 146 valence electrons. The molecule has 3 rings (SSSR count). The lowest BCUT2D eigenvalue weighted by atomic mass is 10.1. The molecule has 0 aliphatic heterocycles. The number of carbonyl (C=O) groups excluding carboxylic acids is 2. The van der Waals surface area contributed by atoms with Gasteiger partial charge < -0.3 is 15.1 Å². The topological polar surface area (TPSA) is 114 Å². The summed E-state index contributed by atoms with van der Waals surface area (Å²) in [5, 5.41) is 16.6. The van der Waals surface area contributed by atoms with Crippen LogP contribution in [0.25, 0.3) is 6.08 Å². The van der Waals surface area contributed by atoms with Gasteiger partial charge in [-0.15, -0.1) is 0 Å². The molecule has 0 aliphatic carbocycles. The van der Waals surface area contributed by atoms with Gasteiger partial charge in [0.1, 0.15) is 5.70 Å². The van der Waals surface area contributed by atoms with E-state index in [9.17, 15) is 19.7 Å². The maximum absolute atomic E-state index is 12.7. The number of nitrogens with zero attached hydrogens (tertiary/aromatic N) is 1. The molecule has 29 heavy (non-hydrogen) atoms. The largest absolute Gasteiger partial charge is 0.459 e. The average Bonchev–Trinajstić information content (AvgIpc) is 3.24. The van der Waals surface area contributed by atoms with Crippen molar-refractivity contribution in [2.75, 3.05) is 5.32 Å². The molecular weight excluding hydrogens is 398 g/mol. The summed E-state index contributed by atoms with van der Waals surface area (Å²) < 4.78 is 5.03. The van der Waals surface area contributed by atoms with Crippen LogP contribution in [0.1, 0.15) is 16.1 Å². The van der Waals surface area contributed by atoms with Crippen molar-refractivity contribution in [2.24, 2.45) is 0 Å². The third kappa shape index (κ3) is 5.30. The van der Waals surface area contributed by atoms with Crippen LogP contribution in [-0.2, 0) is 4.79 Å². The Kier molecular flexibility index (Phi) is 6.06. The van der Waals surface area contributed by atoms with Gasteiger partial charge in [0.15, 0.2) is 5.76 Å². The Labute approximate surface area is 169 Å². The lowest BCUT2D eigenvalue weighted by Gasteiger charge is -2.10. The first-order chi connectivity index (χ1) is 13.9. The van der Waals surface area contributed by atoms with Crippen molar-refractivity contribution in [3.8, 4) is 0 Å². The number of benzene rings is 2. The Balaban J connectivity index is 1.91. The van der Waals surface area contributed by atoms with Crippen LogP contribution in [0.15, 0.2) is 77.0 Å². The van der Waals surface area contributed by atoms with Gasteiger partial charge in [0.2, 0.25) is 0 Å². The lowest BCUT2D eigenvalue weighted by molar-refractivity contribution is -0.384. The van der Waals surface area contributed by atoms with Gasteiger partial charge in [-0.3, -0.25) is 19.7 Å². The lowest BCUT2D eigenvalue weighted by Crippen LogP contribution is -2.30. The smallest absolute Gasteiger partial charge is 0.291 e. The van der Waals surface area contributed by atoms with Gasteiger partial charge in [0.25, 0.3) is 17.5 Å². The molecule has 1 heterocycles. The van der Waals surface area contributed by atoms with Gasteiger partial charge in [-0.2, -0.15) is 0 Å². The van der Waals surface area contributed by atoms with Gasteiger partial charge in [-0.05, 0) is 48.0 Å². The summed E-state index contributed by atoms with van der Waals surface area (Å²) >= 11 is 5.84. The van der Waals surface area contributed by atoms with Crippen molar-refractivity contribution in [1.82, 2.24) is 5.32 Å². The van der Waals surface area contributed by atoms with E-state index in [1.165, 1.54) is 42.7 Å². The highest BCUT2D eigenvalue weighted by Gasteiger charge is 2.17. The van der Waals surface area contributed by atoms with Crippen LogP contribution in [-0.4, -0.2) is 16.7 Å². The van der Waals surface area contributed by atoms with E-state index in [2.05, 4.69) is 10.6 Å². The van der Waals surface area contributed by atoms with Crippen molar-refractivity contribution >= 4 is 40.9 Å². The molecule has 3 aromatic rings. The predicted molar refractivity (Wildman–Crippen MR) is 107 cm³/mol. The number of halogens is 1. The monoisotopic (exact) mass is 411 g/mol. The van der Waals surface area contributed by atoms with E-state index in [1.807, 2.05) is 0 Å². The summed E-state index contributed by atoms with van der Waals surface area (Å²) in [5.41, 5.74) is 0.548. The number of non-ortho nitro benzene ring substituents is 1. The first-order valence-corrected chi connectivity index (χ1v) is 8.68. The molecule has 0 atom stereocenters. The van der Waals surface area contributed by atoms with Gasteiger partial charge in [-0.25, -0.2) is 0 Å². The number of nitrogens with one attached hydrogen (secondary N) is 2. The second-order valence-corrected chi connectivity index (χ2v) is 6.24. The Morgan fingerprint density at radius 2 is 1.83 bits per heavy atom. The summed E-state index contributed by atoms with van der Waals surface area (Å²) in [7, 11) is 0. The summed E-state index contributed by atoms with van der Waals surface area (Å²) in [6.45, 7) is 0. The Hall–Kier alpha value is -3.91. The highest BCUT2D eigenvalue weighted by molar-refractivity contribution is 6.30. The van der Waals surface area contributed by atoms with Crippen molar-refractivity contribution in [3.63, 3.8) is 0 Å². The quantitative estimate of drug-likeness (QED) is 0.357. The number of anilines is 1. The van der Waals surface area contributed by atoms with E-state index in [4.69, 9.17) is 16.0 Å². The molecule has 0 saturated heterocycles. The van der Waals surface area contributed by atoms with Crippen molar-refractivity contribution in [2.45, 2.75) is 0 Å². The molecule has 0 aliphatic rings. The Morgan fingerprint density at radius 1 is 1.07 bits per heavy atom. The van der Waals surface area contributed by atoms with E-state index >= 15 is 0 Å². The Morgan fingerprint density at radius 3 is 2.48 bits per heavy atom. The van der Waals surface area contributed by atoms with E-state index in [0.717, 1.165) is 0 Å². The minimum Gasteiger partial charge on any atom is -0.459 e. The van der Waals surface area contributed by atoms with Crippen LogP contribution in [0, 0.1) is 10.1 Å². The SMILES string of the molecule is O=C(Nc1ccc(Cl)cc1)C(=Cc1cccc([N+](=O)[O-])c1)NC(=O)c1ccco1. The fourth-order valence-corrected chi connectivity index (χ4v) is 2.50. The molecular formula is C20H14ClN3O5. The second-order valence-electron chi connectivity index (χ2n) is 5.80. The number of furan rings is 1. The molecule has 2 amide bonds. The van der Waals surface area contributed by atoms with Crippen LogP contribution in [0.3, 0.4) is 0 Å². The predicted octanol–water partition coefficient (Wildman–Crippen LogP) is 4.25. The Bertz CT molecular complexity index is 1080. The zero-order valence-electron chi connectivity index (χ0n) is 14.8. The maximum atomic E-state index is 12.7. The molecule has 8 nitrogen and oxygen atoms in total. The molecule has 0 spiro atoms. The van der Waals surface area contributed by atoms with Crippen LogP contribution in [0.4, 0.5) is 11.4 Å². The molecule has 2 N–H and O–H groups in total. The number of amides is 2. The number of rotatable bonds is 6. The number of hydrogen-bond donors (Lipinski definition) is 2. The van der Waals surface area contributed by atoms with Crippen LogP contribution < -0.4 is 10.6 Å². The third-order valence-corrected chi connectivity index (χ3v) is 3.98. The molecule has 0 saturated carbocycles. The maximum Gasteiger partial charge on any atom is 0.291 e. The van der Waals surface area contributed by atoms with Gasteiger partial charge in [0.05, 0.1) is 11.2 Å². The fraction of sp³-hybridized carbons (Fsp3) is 0. The summed E-state index contributed by atoms with van der Waals surface area (Å²) in [6.07, 6.45) is 2.66. The van der Waals surface area contributed by atoms with E-state index in [-0.39, 0.29) is 17.1 Å². The molecule has 1 aromatic heterocycles. The molecule has 0 unspecified atom stereocenters. The molecule has 0 fully saturated rings. The van der Waals surface area contributed by atoms with E-state index in [1.54, 1.807) is 30.3 Å². The molecule has 9 heteroatoms. The zero-order chi connectivity index (χ0) is 20.8. The summed E-state index contributed by atoms with van der Waals surface area (Å²) in [4.78, 5) is 35.5. The van der Waals surface area contributed by atoms with Gasteiger partial charge >= 0.3 is 0 Å². The van der Waals surface area contributed by atoms with Crippen LogP contribution >= 0.6 is 11.6 Å². The normalized spacial score (nSPS) is 11.0. The van der Waals surface area contributed by atoms with Crippen molar-refractivity contribution < 1.29 is 18.9 Å². The second kappa shape index (κ2) is 8.85. The molecule has 0 radical (unpaired) electrons. The minimum absolute atomic E-state index is 0.00855. The first-order valence-electron chi connectivity index (χ1n) is 8.30. The number of carbonyl (C=O) groups is 2. The van der Waals surface area contributed by atoms with Crippen molar-refractivity contribution in [3.05, 3.63) is 99.1 Å². The van der Waals surface area contributed by atoms with Gasteiger partial charge in [0, 0.05) is 22.8 Å². The molecule has 0 bridgehead atoms. The summed E-state index contributed by atoms with van der Waals surface area (Å²) in [6, 6.07) is 15.0. The zero-order valence-corrected chi connectivity index (χ0v) is 15.6. The highest BCUT2D eigenvalue weighted by atomic mass is 35.5. The number of hydrogen-bond acceptors (Lipinski definition) is 5.